The monoisotopic (exact) mass is 251 g/mol. The van der Waals surface area contributed by atoms with Crippen molar-refractivity contribution in [3.8, 4) is 0 Å². The lowest BCUT2D eigenvalue weighted by molar-refractivity contribution is -0.139. The Morgan fingerprint density at radius 1 is 1.39 bits per heavy atom. The number of amides is 2. The minimum absolute atomic E-state index is 0.280. The van der Waals surface area contributed by atoms with Gasteiger partial charge in [0.15, 0.2) is 0 Å². The number of carbonyl (C=O) groups excluding carboxylic acids is 1. The SMILES string of the molecule is CC[C@H](NC(=O)NC(C)c1ccccn1)C(=O)O. The van der Waals surface area contributed by atoms with Crippen LogP contribution in [0.15, 0.2) is 24.4 Å². The van der Waals surface area contributed by atoms with Crippen molar-refractivity contribution in [2.24, 2.45) is 0 Å². The molecule has 1 rings (SSSR count). The molecule has 0 saturated carbocycles. The number of aromatic nitrogens is 1. The average molecular weight is 251 g/mol. The largest absolute Gasteiger partial charge is 0.480 e. The summed E-state index contributed by atoms with van der Waals surface area (Å²) in [6.45, 7) is 3.48. The number of nitrogens with zero attached hydrogens (tertiary/aromatic N) is 1. The van der Waals surface area contributed by atoms with Gasteiger partial charge in [-0.25, -0.2) is 9.59 Å². The van der Waals surface area contributed by atoms with Crippen molar-refractivity contribution in [3.63, 3.8) is 0 Å². The molecule has 98 valence electrons. The topological polar surface area (TPSA) is 91.3 Å². The van der Waals surface area contributed by atoms with Gasteiger partial charge in [-0.15, -0.1) is 0 Å². The molecule has 2 amide bonds. The van der Waals surface area contributed by atoms with Gasteiger partial charge in [0, 0.05) is 6.20 Å². The first-order valence-corrected chi connectivity index (χ1v) is 5.75. The van der Waals surface area contributed by atoms with Crippen molar-refractivity contribution in [2.45, 2.75) is 32.4 Å². The van der Waals surface area contributed by atoms with E-state index in [1.807, 2.05) is 6.07 Å². The van der Waals surface area contributed by atoms with Crippen LogP contribution in [0.25, 0.3) is 0 Å². The molecule has 2 atom stereocenters. The van der Waals surface area contributed by atoms with Crippen LogP contribution in [-0.2, 0) is 4.79 Å². The Kier molecular flexibility index (Phi) is 5.10. The van der Waals surface area contributed by atoms with E-state index in [9.17, 15) is 9.59 Å². The van der Waals surface area contributed by atoms with Gasteiger partial charge < -0.3 is 15.7 Å². The molecule has 0 aliphatic carbocycles. The van der Waals surface area contributed by atoms with E-state index in [1.54, 1.807) is 32.2 Å². The highest BCUT2D eigenvalue weighted by Crippen LogP contribution is 2.07. The molecule has 1 aromatic rings. The number of nitrogens with one attached hydrogen (secondary N) is 2. The highest BCUT2D eigenvalue weighted by atomic mass is 16.4. The fourth-order valence-electron chi connectivity index (χ4n) is 1.44. The van der Waals surface area contributed by atoms with E-state index in [2.05, 4.69) is 15.6 Å². The van der Waals surface area contributed by atoms with Gasteiger partial charge in [-0.2, -0.15) is 0 Å². The molecule has 18 heavy (non-hydrogen) atoms. The molecule has 1 aromatic heterocycles. The van der Waals surface area contributed by atoms with Crippen molar-refractivity contribution in [1.82, 2.24) is 15.6 Å². The Bertz CT molecular complexity index is 408. The smallest absolute Gasteiger partial charge is 0.326 e. The number of carbonyl (C=O) groups is 2. The lowest BCUT2D eigenvalue weighted by Crippen LogP contribution is -2.46. The Hall–Kier alpha value is -2.11. The summed E-state index contributed by atoms with van der Waals surface area (Å²) in [5, 5.41) is 13.8. The van der Waals surface area contributed by atoms with Gasteiger partial charge in [0.05, 0.1) is 11.7 Å². The first-order valence-electron chi connectivity index (χ1n) is 5.75. The number of hydrogen-bond acceptors (Lipinski definition) is 3. The molecule has 0 spiro atoms. The summed E-state index contributed by atoms with van der Waals surface area (Å²) in [5.41, 5.74) is 0.719. The Morgan fingerprint density at radius 3 is 2.61 bits per heavy atom. The van der Waals surface area contributed by atoms with Crippen molar-refractivity contribution in [3.05, 3.63) is 30.1 Å². The van der Waals surface area contributed by atoms with Gasteiger partial charge in [0.1, 0.15) is 6.04 Å². The van der Waals surface area contributed by atoms with Gasteiger partial charge >= 0.3 is 12.0 Å². The fraction of sp³-hybridized carbons (Fsp3) is 0.417. The molecule has 3 N–H and O–H groups in total. The summed E-state index contributed by atoms with van der Waals surface area (Å²) in [5.74, 6) is -1.04. The van der Waals surface area contributed by atoms with E-state index in [0.717, 1.165) is 5.69 Å². The van der Waals surface area contributed by atoms with Crippen LogP contribution in [-0.4, -0.2) is 28.1 Å². The molecule has 1 heterocycles. The minimum Gasteiger partial charge on any atom is -0.480 e. The molecular weight excluding hydrogens is 234 g/mol. The molecule has 6 nitrogen and oxygen atoms in total. The first-order chi connectivity index (χ1) is 8.54. The van der Waals surface area contributed by atoms with Gasteiger partial charge in [0.25, 0.3) is 0 Å². The second kappa shape index (κ2) is 6.58. The van der Waals surface area contributed by atoms with Crippen molar-refractivity contribution in [1.29, 1.82) is 0 Å². The summed E-state index contributed by atoms with van der Waals surface area (Å²) < 4.78 is 0. The maximum Gasteiger partial charge on any atom is 0.326 e. The predicted molar refractivity (Wildman–Crippen MR) is 66.0 cm³/mol. The zero-order chi connectivity index (χ0) is 13.5. The van der Waals surface area contributed by atoms with Gasteiger partial charge in [-0.1, -0.05) is 13.0 Å². The zero-order valence-electron chi connectivity index (χ0n) is 10.4. The van der Waals surface area contributed by atoms with Crippen LogP contribution in [0.5, 0.6) is 0 Å². The molecule has 1 unspecified atom stereocenters. The van der Waals surface area contributed by atoms with Crippen LogP contribution in [0.1, 0.15) is 32.0 Å². The number of rotatable bonds is 5. The third kappa shape index (κ3) is 4.04. The third-order valence-electron chi connectivity index (χ3n) is 2.49. The quantitative estimate of drug-likeness (QED) is 0.735. The van der Waals surface area contributed by atoms with Crippen LogP contribution in [0.4, 0.5) is 4.79 Å². The van der Waals surface area contributed by atoms with Gasteiger partial charge in [-0.05, 0) is 25.5 Å². The number of hydrogen-bond donors (Lipinski definition) is 3. The van der Waals surface area contributed by atoms with Crippen LogP contribution in [0.2, 0.25) is 0 Å². The second-order valence-corrected chi connectivity index (χ2v) is 3.89. The van der Waals surface area contributed by atoms with Gasteiger partial charge in [0.2, 0.25) is 0 Å². The molecule has 0 aromatic carbocycles. The number of pyridine rings is 1. The highest BCUT2D eigenvalue weighted by molar-refractivity contribution is 5.82. The van der Waals surface area contributed by atoms with Crippen LogP contribution < -0.4 is 10.6 Å². The summed E-state index contributed by atoms with van der Waals surface area (Å²) in [7, 11) is 0. The normalized spacial score (nSPS) is 13.4. The number of aliphatic carboxylic acids is 1. The van der Waals surface area contributed by atoms with Crippen molar-refractivity contribution in [2.75, 3.05) is 0 Å². The van der Waals surface area contributed by atoms with E-state index in [-0.39, 0.29) is 6.04 Å². The first kappa shape index (κ1) is 14.0. The molecule has 0 saturated heterocycles. The van der Waals surface area contributed by atoms with Crippen LogP contribution in [0.3, 0.4) is 0 Å². The zero-order valence-corrected chi connectivity index (χ0v) is 10.4. The van der Waals surface area contributed by atoms with E-state index < -0.39 is 18.0 Å². The van der Waals surface area contributed by atoms with Gasteiger partial charge in [-0.3, -0.25) is 4.98 Å². The summed E-state index contributed by atoms with van der Waals surface area (Å²) in [6.07, 6.45) is 1.97. The van der Waals surface area contributed by atoms with Crippen LogP contribution >= 0.6 is 0 Å². The molecule has 0 bridgehead atoms. The average Bonchev–Trinajstić information content (AvgIpc) is 2.36. The molecule has 0 radical (unpaired) electrons. The number of carboxylic acid groups (broad SMARTS) is 1. The molecular formula is C12H17N3O3. The van der Waals surface area contributed by atoms with Crippen molar-refractivity contribution >= 4 is 12.0 Å². The van der Waals surface area contributed by atoms with E-state index in [4.69, 9.17) is 5.11 Å². The standard InChI is InChI=1S/C12H17N3O3/c1-3-9(11(16)17)15-12(18)14-8(2)10-6-4-5-7-13-10/h4-9H,3H2,1-2H3,(H,16,17)(H2,14,15,18)/t8?,9-/m0/s1. The summed E-state index contributed by atoms with van der Waals surface area (Å²) in [6, 6.07) is 3.73. The van der Waals surface area contributed by atoms with E-state index in [1.165, 1.54) is 0 Å². The Morgan fingerprint density at radius 2 is 2.11 bits per heavy atom. The highest BCUT2D eigenvalue weighted by Gasteiger charge is 2.18. The second-order valence-electron chi connectivity index (χ2n) is 3.89. The molecule has 0 fully saturated rings. The molecule has 0 aliphatic heterocycles. The molecule has 0 aliphatic rings. The molecule has 6 heteroatoms. The third-order valence-corrected chi connectivity index (χ3v) is 2.49. The number of urea groups is 1. The fourth-order valence-corrected chi connectivity index (χ4v) is 1.44. The minimum atomic E-state index is -1.04. The van der Waals surface area contributed by atoms with E-state index in [0.29, 0.717) is 6.42 Å². The summed E-state index contributed by atoms with van der Waals surface area (Å²) >= 11 is 0. The lowest BCUT2D eigenvalue weighted by atomic mass is 10.2. The number of carboxylic acids is 1. The van der Waals surface area contributed by atoms with Crippen molar-refractivity contribution < 1.29 is 14.7 Å². The van der Waals surface area contributed by atoms with Crippen LogP contribution in [0, 0.1) is 0 Å². The van der Waals surface area contributed by atoms with E-state index >= 15 is 0 Å². The maximum absolute atomic E-state index is 11.6. The predicted octanol–water partition coefficient (Wildman–Crippen LogP) is 1.30. The lowest BCUT2D eigenvalue weighted by Gasteiger charge is -2.17. The summed E-state index contributed by atoms with van der Waals surface area (Å²) in [4.78, 5) is 26.5. The Balaban J connectivity index is 2.52. The Labute approximate surface area is 105 Å². The maximum atomic E-state index is 11.6.